The van der Waals surface area contributed by atoms with Crippen LogP contribution >= 0.6 is 0 Å². The van der Waals surface area contributed by atoms with Gasteiger partial charge < -0.3 is 24.8 Å². The van der Waals surface area contributed by atoms with Crippen LogP contribution in [0.3, 0.4) is 0 Å². The van der Waals surface area contributed by atoms with Crippen molar-refractivity contribution in [1.82, 2.24) is 3.80 Å². The quantitative estimate of drug-likeness (QED) is 0.456. The van der Waals surface area contributed by atoms with Crippen LogP contribution in [0.4, 0.5) is 0 Å². The van der Waals surface area contributed by atoms with Crippen molar-refractivity contribution in [1.29, 1.82) is 0 Å². The van der Waals surface area contributed by atoms with Crippen molar-refractivity contribution < 1.29 is 47.0 Å². The Morgan fingerprint density at radius 1 is 0.900 bits per heavy atom. The van der Waals surface area contributed by atoms with E-state index in [4.69, 9.17) is 0 Å². The third kappa shape index (κ3) is 5.57. The fraction of sp³-hybridized carbons (Fsp3) is 0.292. The van der Waals surface area contributed by atoms with Crippen LogP contribution in [0.15, 0.2) is 81.3 Å². The largest absolute Gasteiger partial charge is 1.00 e. The molecule has 1 N–H and O–H groups in total. The van der Waals surface area contributed by atoms with E-state index in [1.54, 1.807) is 3.88 Å². The molecule has 0 aliphatic heterocycles. The molecule has 3 rings (SSSR count). The number of nitrogens with one attached hydrogen (secondary N) is 1. The van der Waals surface area contributed by atoms with Crippen LogP contribution in [0.25, 0.3) is 0 Å². The second-order valence-corrected chi connectivity index (χ2v) is 17.4. The first-order valence-electron chi connectivity index (χ1n) is 10.1. The van der Waals surface area contributed by atoms with E-state index >= 15 is 0 Å². The van der Waals surface area contributed by atoms with E-state index in [1.807, 2.05) is 6.92 Å². The molecule has 30 heavy (non-hydrogen) atoms. The summed E-state index contributed by atoms with van der Waals surface area (Å²) >= 11 is -2.11. The summed E-state index contributed by atoms with van der Waals surface area (Å²) in [5, 5.41) is 2.88. The topological polar surface area (TPSA) is 29.1 Å². The molecule has 159 valence electrons. The zero-order valence-electron chi connectivity index (χ0n) is 18.3. The van der Waals surface area contributed by atoms with Crippen LogP contribution in [-0.4, -0.2) is 12.6 Å². The molecule has 0 bridgehead atoms. The van der Waals surface area contributed by atoms with Crippen LogP contribution in [-0.2, 0) is 22.2 Å². The molecule has 1 atom stereocenters. The molecule has 1 amide bonds. The molecular formula is C24H30Cl2NOSiTi. The summed E-state index contributed by atoms with van der Waals surface area (Å²) < 4.78 is 5.18. The molecule has 1 aliphatic rings. The molecule has 0 saturated carbocycles. The van der Waals surface area contributed by atoms with Gasteiger partial charge >= 0.3 is 177 Å². The van der Waals surface area contributed by atoms with Gasteiger partial charge in [0.1, 0.15) is 0 Å². The number of benzene rings is 2. The number of carbonyl (C=O) groups is 1. The molecule has 0 spiro atoms. The van der Waals surface area contributed by atoms with Gasteiger partial charge in [-0.25, -0.2) is 0 Å². The van der Waals surface area contributed by atoms with Crippen molar-refractivity contribution in [2.75, 3.05) is 0 Å². The van der Waals surface area contributed by atoms with Crippen molar-refractivity contribution in [2.24, 2.45) is 5.92 Å². The zero-order valence-corrected chi connectivity index (χ0v) is 22.5. The van der Waals surface area contributed by atoms with Crippen molar-refractivity contribution in [3.8, 4) is 0 Å². The molecule has 1 unspecified atom stereocenters. The van der Waals surface area contributed by atoms with Crippen LogP contribution < -0.4 is 39.0 Å². The van der Waals surface area contributed by atoms with Gasteiger partial charge in [-0.2, -0.15) is 0 Å². The summed E-state index contributed by atoms with van der Waals surface area (Å²) in [6.45, 7) is 9.49. The second-order valence-electron chi connectivity index (χ2n) is 7.64. The number of halogens is 2. The number of allylic oxidation sites excluding steroid dienone is 4. The van der Waals surface area contributed by atoms with Crippen LogP contribution in [0.5, 0.6) is 0 Å². The van der Waals surface area contributed by atoms with Crippen LogP contribution in [0.1, 0.15) is 41.0 Å². The first-order valence-corrected chi connectivity index (χ1v) is 16.1. The minimum atomic E-state index is -2.11. The van der Waals surface area contributed by atoms with Crippen molar-refractivity contribution >= 4 is 22.9 Å². The predicted molar refractivity (Wildman–Crippen MR) is 118 cm³/mol. The first kappa shape index (κ1) is 26.9. The molecule has 6 heteroatoms. The normalized spacial score (nSPS) is 15.6. The molecule has 2 aromatic rings. The van der Waals surface area contributed by atoms with Gasteiger partial charge in [0.25, 0.3) is 0 Å². The zero-order chi connectivity index (χ0) is 20.3. The third-order valence-electron chi connectivity index (χ3n) is 6.08. The van der Waals surface area contributed by atoms with Gasteiger partial charge in [-0.3, -0.25) is 0 Å². The third-order valence-corrected chi connectivity index (χ3v) is 19.5. The Bertz CT molecular complexity index is 876. The number of rotatable bonds is 6. The van der Waals surface area contributed by atoms with Gasteiger partial charge in [-0.15, -0.1) is 0 Å². The van der Waals surface area contributed by atoms with Crippen LogP contribution in [0.2, 0.25) is 0 Å². The molecule has 2 nitrogen and oxygen atoms in total. The summed E-state index contributed by atoms with van der Waals surface area (Å²) in [7, 11) is 0. The number of hydrogen-bond acceptors (Lipinski definition) is 1. The smallest absolute Gasteiger partial charge is 1.00 e. The fourth-order valence-corrected chi connectivity index (χ4v) is 19.5. The number of carbonyl (C=O) groups excluding carboxylic acids is 1. The van der Waals surface area contributed by atoms with E-state index < -0.39 is 24.0 Å². The molecule has 0 aromatic heterocycles. The second kappa shape index (κ2) is 12.1. The van der Waals surface area contributed by atoms with Crippen molar-refractivity contribution in [3.05, 3.63) is 81.3 Å². The van der Waals surface area contributed by atoms with Crippen LogP contribution in [0, 0.1) is 5.92 Å². The first-order chi connectivity index (χ1) is 13.5. The van der Waals surface area contributed by atoms with Crippen molar-refractivity contribution in [2.45, 2.75) is 41.0 Å². The number of hydrogen-bond donors (Lipinski definition) is 1. The Labute approximate surface area is 201 Å². The molecule has 1 aliphatic carbocycles. The Morgan fingerprint density at radius 2 is 1.37 bits per heavy atom. The van der Waals surface area contributed by atoms with Crippen molar-refractivity contribution in [3.63, 3.8) is 0 Å². The maximum Gasteiger partial charge on any atom is -1.00 e. The summed E-state index contributed by atoms with van der Waals surface area (Å²) in [5.74, 6) is 0.642. The average Bonchev–Trinajstić information content (AvgIpc) is 2.92. The maximum absolute atomic E-state index is 12.6. The molecule has 0 fully saturated rings. The minimum absolute atomic E-state index is 0. The summed E-state index contributed by atoms with van der Waals surface area (Å²) in [5.41, 5.74) is 4.32. The van der Waals surface area contributed by atoms with E-state index in [1.165, 1.54) is 27.1 Å². The van der Waals surface area contributed by atoms with E-state index in [-0.39, 0.29) is 30.7 Å². The molecule has 0 heterocycles. The minimum Gasteiger partial charge on any atom is -1.00 e. The van der Waals surface area contributed by atoms with Gasteiger partial charge in [0, 0.05) is 0 Å². The Hall–Kier alpha value is -1.10. The van der Waals surface area contributed by atoms with E-state index in [9.17, 15) is 4.79 Å². The Morgan fingerprint density at radius 3 is 1.73 bits per heavy atom. The van der Waals surface area contributed by atoms with E-state index in [0.717, 1.165) is 0 Å². The van der Waals surface area contributed by atoms with Gasteiger partial charge in [0.2, 0.25) is 0 Å². The predicted octanol–water partition coefficient (Wildman–Crippen LogP) is -2.15. The molecular weight excluding hydrogens is 465 g/mol. The Kier molecular flexibility index (Phi) is 10.8. The fourth-order valence-electron chi connectivity index (χ4n) is 4.15. The van der Waals surface area contributed by atoms with E-state index in [2.05, 4.69) is 92.2 Å². The average molecular weight is 495 g/mol. The summed E-state index contributed by atoms with van der Waals surface area (Å²) in [6, 6.07) is 21.8. The Balaban J connectivity index is 0.00000225. The SMILES string of the molecule is CCC(=O)[NH][Ti+2]([C]1=C(C)C(C)=C(C)C1C)[SiH](c1ccccc1)c1ccccc1.[Cl-].[Cl-]. The molecule has 2 aromatic carbocycles. The summed E-state index contributed by atoms with van der Waals surface area (Å²) in [6.07, 6.45) is 0.549. The van der Waals surface area contributed by atoms with Gasteiger partial charge in [-0.1, -0.05) is 0 Å². The molecule has 0 saturated heterocycles. The van der Waals surface area contributed by atoms with E-state index in [0.29, 0.717) is 12.3 Å². The molecule has 0 radical (unpaired) electrons. The number of amides is 1. The van der Waals surface area contributed by atoms with Gasteiger partial charge in [-0.05, 0) is 0 Å². The summed E-state index contributed by atoms with van der Waals surface area (Å²) in [4.78, 5) is 12.6. The standard InChI is InChI=1S/C12H11Si.C9H13.C3H7NO.2ClH.Ti/c1-3-7-11(8-4-1)13-12-9-5-2-6-10-12;1-6-5-7(2)9(4)8(6)3;1-2-3(4)5;;;/h1-10,13H;6H,1-4H3;2H2,1H3,(H2,4,5);2*1H;/q;;;;;+3/p-3. The van der Waals surface area contributed by atoms with Gasteiger partial charge in [0.15, 0.2) is 0 Å². The van der Waals surface area contributed by atoms with Gasteiger partial charge in [0.05, 0.1) is 0 Å². The monoisotopic (exact) mass is 494 g/mol. The maximum atomic E-state index is 12.6.